The highest BCUT2D eigenvalue weighted by molar-refractivity contribution is 5.64. The maximum Gasteiger partial charge on any atom is 0.246 e. The molecule has 0 N–H and O–H groups in total. The fourth-order valence-electron chi connectivity index (χ4n) is 6.88. The van der Waals surface area contributed by atoms with E-state index in [1.54, 1.807) is 18.7 Å². The van der Waals surface area contributed by atoms with Crippen LogP contribution in [0.4, 0.5) is 8.78 Å². The molecule has 3 atom stereocenters. The van der Waals surface area contributed by atoms with Gasteiger partial charge in [-0.05, 0) is 66.7 Å². The number of benzene rings is 1. The van der Waals surface area contributed by atoms with E-state index in [0.29, 0.717) is 23.4 Å². The summed E-state index contributed by atoms with van der Waals surface area (Å²) in [6, 6.07) is 5.65. The fraction of sp³-hybridized carbons (Fsp3) is 0.414. The topological polar surface area (TPSA) is 77.6 Å². The SMILES string of the molecule is C[C@H](c1coc(-c2cncc([C@@]34CC[C@@H](c5cc(-c6c(F)cccc6F)nnc53)C4(C)C)n2)n1)C1CC1. The molecule has 6 nitrogen and oxygen atoms in total. The van der Waals surface area contributed by atoms with Crippen LogP contribution in [0.15, 0.2) is 47.3 Å². The number of nitrogens with zero attached hydrogens (tertiary/aromatic N) is 5. The highest BCUT2D eigenvalue weighted by Crippen LogP contribution is 2.69. The molecule has 4 aromatic rings. The van der Waals surface area contributed by atoms with E-state index in [2.05, 4.69) is 36.0 Å². The Labute approximate surface area is 213 Å². The average molecular weight is 500 g/mol. The number of oxazole rings is 1. The molecular weight excluding hydrogens is 472 g/mol. The van der Waals surface area contributed by atoms with Crippen LogP contribution in [0.25, 0.3) is 22.8 Å². The molecule has 188 valence electrons. The lowest BCUT2D eigenvalue weighted by Gasteiger charge is -2.37. The van der Waals surface area contributed by atoms with Crippen LogP contribution in [0.1, 0.15) is 80.9 Å². The normalized spacial score (nSPS) is 24.3. The van der Waals surface area contributed by atoms with Gasteiger partial charge in [0.25, 0.3) is 0 Å². The minimum atomic E-state index is -0.647. The third kappa shape index (κ3) is 3.10. The van der Waals surface area contributed by atoms with Crippen LogP contribution in [0.5, 0.6) is 0 Å². The first kappa shape index (κ1) is 22.6. The van der Waals surface area contributed by atoms with Crippen LogP contribution in [0.2, 0.25) is 0 Å². The van der Waals surface area contributed by atoms with E-state index in [9.17, 15) is 8.78 Å². The molecule has 0 aliphatic heterocycles. The van der Waals surface area contributed by atoms with Crippen molar-refractivity contribution in [3.05, 3.63) is 77.2 Å². The number of hydrogen-bond acceptors (Lipinski definition) is 6. The fourth-order valence-corrected chi connectivity index (χ4v) is 6.88. The molecule has 7 rings (SSSR count). The van der Waals surface area contributed by atoms with Crippen LogP contribution in [0, 0.1) is 23.0 Å². The van der Waals surface area contributed by atoms with Crippen molar-refractivity contribution in [2.24, 2.45) is 11.3 Å². The summed E-state index contributed by atoms with van der Waals surface area (Å²) < 4.78 is 34.9. The predicted molar refractivity (Wildman–Crippen MR) is 133 cm³/mol. The van der Waals surface area contributed by atoms with Gasteiger partial charge in [0.2, 0.25) is 5.89 Å². The van der Waals surface area contributed by atoms with Gasteiger partial charge in [-0.2, -0.15) is 5.10 Å². The molecule has 37 heavy (non-hydrogen) atoms. The van der Waals surface area contributed by atoms with Gasteiger partial charge in [0.15, 0.2) is 0 Å². The van der Waals surface area contributed by atoms with Crippen molar-refractivity contribution in [3.63, 3.8) is 0 Å². The van der Waals surface area contributed by atoms with Crippen LogP contribution >= 0.6 is 0 Å². The molecule has 0 unspecified atom stereocenters. The van der Waals surface area contributed by atoms with Gasteiger partial charge in [0.1, 0.15) is 23.6 Å². The third-order valence-corrected chi connectivity index (χ3v) is 9.21. The Morgan fingerprint density at radius 1 is 1.00 bits per heavy atom. The maximum absolute atomic E-state index is 14.5. The molecule has 3 aliphatic carbocycles. The van der Waals surface area contributed by atoms with Crippen molar-refractivity contribution >= 4 is 0 Å². The zero-order chi connectivity index (χ0) is 25.5. The van der Waals surface area contributed by atoms with Crippen LogP contribution < -0.4 is 0 Å². The molecule has 3 aromatic heterocycles. The van der Waals surface area contributed by atoms with Gasteiger partial charge in [-0.3, -0.25) is 4.98 Å². The summed E-state index contributed by atoms with van der Waals surface area (Å²) >= 11 is 0. The summed E-state index contributed by atoms with van der Waals surface area (Å²) in [5.41, 5.74) is 3.44. The second kappa shape index (κ2) is 7.73. The molecule has 0 amide bonds. The van der Waals surface area contributed by atoms with Gasteiger partial charge >= 0.3 is 0 Å². The van der Waals surface area contributed by atoms with Gasteiger partial charge in [-0.25, -0.2) is 18.7 Å². The smallest absolute Gasteiger partial charge is 0.246 e. The van der Waals surface area contributed by atoms with E-state index >= 15 is 0 Å². The van der Waals surface area contributed by atoms with E-state index in [1.165, 1.54) is 31.0 Å². The van der Waals surface area contributed by atoms with Gasteiger partial charge in [0, 0.05) is 12.1 Å². The molecule has 2 fully saturated rings. The summed E-state index contributed by atoms with van der Waals surface area (Å²) in [5, 5.41) is 8.92. The average Bonchev–Trinajstić information content (AvgIpc) is 3.51. The minimum Gasteiger partial charge on any atom is -0.443 e. The molecule has 0 saturated heterocycles. The van der Waals surface area contributed by atoms with Crippen molar-refractivity contribution < 1.29 is 13.2 Å². The van der Waals surface area contributed by atoms with E-state index in [-0.39, 0.29) is 22.6 Å². The Kier molecular flexibility index (Phi) is 4.73. The Morgan fingerprint density at radius 3 is 2.54 bits per heavy atom. The second-order valence-electron chi connectivity index (χ2n) is 11.3. The van der Waals surface area contributed by atoms with E-state index in [0.717, 1.165) is 35.5 Å². The molecule has 2 saturated carbocycles. The summed E-state index contributed by atoms with van der Waals surface area (Å²) in [7, 11) is 0. The standard InChI is InChI=1S/C29H27F2N5O/c1-15(16-7-8-16)23-14-37-27(34-23)22-12-32-13-24(33-22)29-10-9-18(28(29,2)3)17-11-21(35-36-26(17)29)25-19(30)5-4-6-20(25)31/h4-6,11-16,18H,7-10H2,1-3H3/t15-,18-,29-/m0/s1. The number of rotatable bonds is 5. The number of hydrogen-bond donors (Lipinski definition) is 0. The molecule has 3 aliphatic rings. The first-order valence-electron chi connectivity index (χ1n) is 12.9. The van der Waals surface area contributed by atoms with Gasteiger partial charge in [-0.15, -0.1) is 5.10 Å². The summed E-state index contributed by atoms with van der Waals surface area (Å²) in [4.78, 5) is 14.3. The van der Waals surface area contributed by atoms with Gasteiger partial charge in [0.05, 0.1) is 40.0 Å². The van der Waals surface area contributed by atoms with Gasteiger partial charge in [-0.1, -0.05) is 26.8 Å². The highest BCUT2D eigenvalue weighted by atomic mass is 19.1. The number of aromatic nitrogens is 5. The van der Waals surface area contributed by atoms with E-state index < -0.39 is 17.0 Å². The van der Waals surface area contributed by atoms with Crippen molar-refractivity contribution in [1.29, 1.82) is 0 Å². The molecule has 2 bridgehead atoms. The van der Waals surface area contributed by atoms with E-state index in [1.807, 2.05) is 6.07 Å². The third-order valence-electron chi connectivity index (χ3n) is 9.21. The molecule has 8 heteroatoms. The quantitative estimate of drug-likeness (QED) is 0.309. The van der Waals surface area contributed by atoms with Crippen LogP contribution in [0.3, 0.4) is 0 Å². The zero-order valence-corrected chi connectivity index (χ0v) is 21.0. The largest absolute Gasteiger partial charge is 0.443 e. The first-order valence-corrected chi connectivity index (χ1v) is 12.9. The Hall–Kier alpha value is -3.55. The predicted octanol–water partition coefficient (Wildman–Crippen LogP) is 6.58. The minimum absolute atomic E-state index is 0.144. The zero-order valence-electron chi connectivity index (χ0n) is 21.0. The van der Waals surface area contributed by atoms with Gasteiger partial charge < -0.3 is 4.42 Å². The van der Waals surface area contributed by atoms with E-state index in [4.69, 9.17) is 14.4 Å². The Bertz CT molecular complexity index is 1520. The monoisotopic (exact) mass is 499 g/mol. The summed E-state index contributed by atoms with van der Waals surface area (Å²) in [5.74, 6) is 0.381. The van der Waals surface area contributed by atoms with Crippen LogP contribution in [-0.4, -0.2) is 25.1 Å². The van der Waals surface area contributed by atoms with Crippen molar-refractivity contribution in [2.45, 2.75) is 63.7 Å². The number of halogens is 2. The Balaban J connectivity index is 1.32. The number of fused-ring (bicyclic) bond motifs is 5. The van der Waals surface area contributed by atoms with Crippen molar-refractivity contribution in [1.82, 2.24) is 25.1 Å². The molecule has 0 radical (unpaired) electrons. The lowest BCUT2D eigenvalue weighted by molar-refractivity contribution is 0.242. The molecular formula is C29H27F2N5O. The summed E-state index contributed by atoms with van der Waals surface area (Å²) in [6.07, 6.45) is 9.45. The second-order valence-corrected chi connectivity index (χ2v) is 11.3. The van der Waals surface area contributed by atoms with Crippen molar-refractivity contribution in [2.75, 3.05) is 0 Å². The lowest BCUT2D eigenvalue weighted by atomic mass is 9.66. The van der Waals surface area contributed by atoms with Crippen molar-refractivity contribution in [3.8, 4) is 22.8 Å². The molecule has 3 heterocycles. The van der Waals surface area contributed by atoms with Crippen LogP contribution in [-0.2, 0) is 5.41 Å². The Morgan fingerprint density at radius 2 is 1.78 bits per heavy atom. The summed E-state index contributed by atoms with van der Waals surface area (Å²) in [6.45, 7) is 6.62. The molecule has 0 spiro atoms. The lowest BCUT2D eigenvalue weighted by Crippen LogP contribution is -2.38. The first-order chi connectivity index (χ1) is 17.8. The maximum atomic E-state index is 14.5. The highest BCUT2D eigenvalue weighted by Gasteiger charge is 2.65. The molecule has 1 aromatic carbocycles.